The number of furan rings is 1. The van der Waals surface area contributed by atoms with Gasteiger partial charge in [0.1, 0.15) is 29.4 Å². The van der Waals surface area contributed by atoms with Gasteiger partial charge in [0.2, 0.25) is 0 Å². The summed E-state index contributed by atoms with van der Waals surface area (Å²) in [5.41, 5.74) is 5.40. The monoisotopic (exact) mass is 376 g/mol. The summed E-state index contributed by atoms with van der Waals surface area (Å²) in [5.74, 6) is 0.326. The maximum absolute atomic E-state index is 14.5. The lowest BCUT2D eigenvalue weighted by molar-refractivity contribution is 0.1000. The van der Waals surface area contributed by atoms with Gasteiger partial charge in [0.15, 0.2) is 0 Å². The lowest BCUT2D eigenvalue weighted by atomic mass is 9.94. The molecule has 0 bridgehead atoms. The van der Waals surface area contributed by atoms with Crippen LogP contribution >= 0.6 is 11.3 Å². The van der Waals surface area contributed by atoms with Gasteiger partial charge >= 0.3 is 0 Å². The standard InChI is InChI=1S/C19H21FN2O3S/c1-10-16(18(21)23)17-13(7-19(3,4)20)14(5-6-15(17)25-10)24-9-12-8-22-11(2)26-12/h5-6,8H,7,9H2,1-4H3,(H2,21,23). The van der Waals surface area contributed by atoms with Gasteiger partial charge in [-0.3, -0.25) is 4.79 Å². The molecule has 1 amide bonds. The van der Waals surface area contributed by atoms with Gasteiger partial charge < -0.3 is 14.9 Å². The number of nitrogens with two attached hydrogens (primary N) is 1. The van der Waals surface area contributed by atoms with Crippen molar-refractivity contribution < 1.29 is 18.3 Å². The third-order valence-corrected chi connectivity index (χ3v) is 4.87. The van der Waals surface area contributed by atoms with Gasteiger partial charge in [0.05, 0.1) is 15.4 Å². The Labute approximate surface area is 155 Å². The minimum absolute atomic E-state index is 0.0701. The molecule has 0 fully saturated rings. The van der Waals surface area contributed by atoms with Crippen LogP contribution in [0.1, 0.15) is 45.4 Å². The Morgan fingerprint density at radius 2 is 2.12 bits per heavy atom. The molecule has 0 aliphatic rings. The van der Waals surface area contributed by atoms with Crippen molar-refractivity contribution in [3.8, 4) is 5.75 Å². The number of thiazole rings is 1. The van der Waals surface area contributed by atoms with Crippen LogP contribution in [0.25, 0.3) is 11.0 Å². The maximum Gasteiger partial charge on any atom is 0.252 e. The average Bonchev–Trinajstić information content (AvgIpc) is 3.07. The van der Waals surface area contributed by atoms with Gasteiger partial charge in [-0.25, -0.2) is 9.37 Å². The molecule has 0 unspecified atom stereocenters. The van der Waals surface area contributed by atoms with Crippen molar-refractivity contribution >= 4 is 28.2 Å². The molecule has 7 heteroatoms. The fourth-order valence-corrected chi connectivity index (χ4v) is 3.72. The number of hydrogen-bond donors (Lipinski definition) is 1. The molecule has 2 heterocycles. The predicted molar refractivity (Wildman–Crippen MR) is 99.5 cm³/mol. The first-order chi connectivity index (χ1) is 12.2. The van der Waals surface area contributed by atoms with Gasteiger partial charge in [-0.1, -0.05) is 0 Å². The summed E-state index contributed by atoms with van der Waals surface area (Å²) >= 11 is 1.54. The van der Waals surface area contributed by atoms with E-state index in [4.69, 9.17) is 14.9 Å². The van der Waals surface area contributed by atoms with Crippen LogP contribution in [0, 0.1) is 13.8 Å². The topological polar surface area (TPSA) is 78.3 Å². The van der Waals surface area contributed by atoms with Gasteiger partial charge in [-0.2, -0.15) is 0 Å². The number of amides is 1. The van der Waals surface area contributed by atoms with E-state index in [1.165, 1.54) is 25.2 Å². The number of aromatic nitrogens is 1. The van der Waals surface area contributed by atoms with E-state index in [1.807, 2.05) is 6.92 Å². The van der Waals surface area contributed by atoms with Gasteiger partial charge in [0, 0.05) is 23.6 Å². The summed E-state index contributed by atoms with van der Waals surface area (Å²) in [6.07, 6.45) is 1.83. The highest BCUT2D eigenvalue weighted by Gasteiger charge is 2.26. The predicted octanol–water partition coefficient (Wildman–Crippen LogP) is 4.47. The smallest absolute Gasteiger partial charge is 0.252 e. The number of primary amides is 1. The number of ether oxygens (including phenoxy) is 1. The van der Waals surface area contributed by atoms with Crippen LogP contribution in [0.5, 0.6) is 5.75 Å². The molecule has 0 atom stereocenters. The summed E-state index contributed by atoms with van der Waals surface area (Å²) in [4.78, 5) is 17.1. The molecule has 0 radical (unpaired) electrons. The summed E-state index contributed by atoms with van der Waals surface area (Å²) in [6.45, 7) is 6.88. The molecule has 138 valence electrons. The molecule has 2 N–H and O–H groups in total. The number of benzene rings is 1. The Morgan fingerprint density at radius 1 is 1.38 bits per heavy atom. The molecule has 0 aliphatic carbocycles. The molecule has 0 saturated heterocycles. The molecule has 3 aromatic rings. The molecule has 26 heavy (non-hydrogen) atoms. The molecular weight excluding hydrogens is 355 g/mol. The first kappa shape index (κ1) is 18.4. The number of aryl methyl sites for hydroxylation is 2. The summed E-state index contributed by atoms with van der Waals surface area (Å²) < 4.78 is 26.1. The Morgan fingerprint density at radius 3 is 2.69 bits per heavy atom. The normalized spacial score (nSPS) is 11.9. The van der Waals surface area contributed by atoms with E-state index in [2.05, 4.69) is 4.98 Å². The van der Waals surface area contributed by atoms with Crippen molar-refractivity contribution in [2.24, 2.45) is 5.73 Å². The third kappa shape index (κ3) is 3.72. The number of alkyl halides is 1. The second-order valence-electron chi connectivity index (χ2n) is 6.84. The highest BCUT2D eigenvalue weighted by Crippen LogP contribution is 2.37. The second kappa shape index (κ2) is 6.72. The third-order valence-electron chi connectivity index (χ3n) is 3.98. The summed E-state index contributed by atoms with van der Waals surface area (Å²) in [6, 6.07) is 3.46. The molecule has 5 nitrogen and oxygen atoms in total. The van der Waals surface area contributed by atoms with Crippen LogP contribution in [0.15, 0.2) is 22.7 Å². The van der Waals surface area contributed by atoms with E-state index in [-0.39, 0.29) is 12.0 Å². The van der Waals surface area contributed by atoms with E-state index in [9.17, 15) is 9.18 Å². The Balaban J connectivity index is 2.10. The van der Waals surface area contributed by atoms with E-state index in [0.29, 0.717) is 34.6 Å². The zero-order valence-corrected chi connectivity index (χ0v) is 16.0. The van der Waals surface area contributed by atoms with Crippen LogP contribution in [0.2, 0.25) is 0 Å². The Kier molecular flexibility index (Phi) is 4.75. The van der Waals surface area contributed by atoms with Crippen LogP contribution in [0.3, 0.4) is 0 Å². The van der Waals surface area contributed by atoms with Crippen LogP contribution in [-0.4, -0.2) is 16.6 Å². The highest BCUT2D eigenvalue weighted by atomic mass is 32.1. The molecule has 3 rings (SSSR count). The number of fused-ring (bicyclic) bond motifs is 1. The van der Waals surface area contributed by atoms with Crippen molar-refractivity contribution in [1.82, 2.24) is 4.98 Å². The first-order valence-electron chi connectivity index (χ1n) is 8.23. The van der Waals surface area contributed by atoms with Gasteiger partial charge in [-0.15, -0.1) is 11.3 Å². The number of rotatable bonds is 6. The summed E-state index contributed by atoms with van der Waals surface area (Å²) in [7, 11) is 0. The number of hydrogen-bond acceptors (Lipinski definition) is 5. The minimum Gasteiger partial charge on any atom is -0.488 e. The quantitative estimate of drug-likeness (QED) is 0.688. The van der Waals surface area contributed by atoms with Crippen LogP contribution in [-0.2, 0) is 13.0 Å². The molecule has 0 spiro atoms. The Hall–Kier alpha value is -2.41. The summed E-state index contributed by atoms with van der Waals surface area (Å²) in [5, 5.41) is 1.48. The largest absolute Gasteiger partial charge is 0.488 e. The van der Waals surface area contributed by atoms with Gasteiger partial charge in [-0.05, 0) is 39.8 Å². The number of carbonyl (C=O) groups excluding carboxylic acids is 1. The number of nitrogens with zero attached hydrogens (tertiary/aromatic N) is 1. The van der Waals surface area contributed by atoms with Crippen LogP contribution < -0.4 is 10.5 Å². The van der Waals surface area contributed by atoms with Crippen molar-refractivity contribution in [2.45, 2.75) is 46.4 Å². The fraction of sp³-hybridized carbons (Fsp3) is 0.368. The van der Waals surface area contributed by atoms with E-state index >= 15 is 0 Å². The van der Waals surface area contributed by atoms with E-state index < -0.39 is 11.6 Å². The van der Waals surface area contributed by atoms with Crippen molar-refractivity contribution in [3.05, 3.63) is 45.1 Å². The van der Waals surface area contributed by atoms with E-state index in [0.717, 1.165) is 9.88 Å². The molecule has 0 saturated carbocycles. The van der Waals surface area contributed by atoms with Crippen molar-refractivity contribution in [3.63, 3.8) is 0 Å². The van der Waals surface area contributed by atoms with Gasteiger partial charge in [0.25, 0.3) is 5.91 Å². The lowest BCUT2D eigenvalue weighted by Crippen LogP contribution is -2.18. The molecule has 1 aromatic carbocycles. The highest BCUT2D eigenvalue weighted by molar-refractivity contribution is 7.11. The Bertz CT molecular complexity index is 969. The molecule has 2 aromatic heterocycles. The SMILES string of the molecule is Cc1ncc(COc2ccc3oc(C)c(C(N)=O)c3c2CC(C)(C)F)s1. The fourth-order valence-electron chi connectivity index (χ4n) is 3.01. The first-order valence-corrected chi connectivity index (χ1v) is 9.05. The second-order valence-corrected chi connectivity index (χ2v) is 8.16. The lowest BCUT2D eigenvalue weighted by Gasteiger charge is -2.18. The molecular formula is C19H21FN2O3S. The van der Waals surface area contributed by atoms with E-state index in [1.54, 1.807) is 25.3 Å². The van der Waals surface area contributed by atoms with Crippen molar-refractivity contribution in [1.29, 1.82) is 0 Å². The maximum atomic E-state index is 14.5. The zero-order chi connectivity index (χ0) is 19.1. The number of halogens is 1. The molecule has 0 aliphatic heterocycles. The average molecular weight is 376 g/mol. The number of carbonyl (C=O) groups is 1. The minimum atomic E-state index is -1.49. The zero-order valence-electron chi connectivity index (χ0n) is 15.2. The van der Waals surface area contributed by atoms with Crippen LogP contribution in [0.4, 0.5) is 4.39 Å². The van der Waals surface area contributed by atoms with Crippen molar-refractivity contribution in [2.75, 3.05) is 0 Å².